The minimum atomic E-state index is -0.00719. The van der Waals surface area contributed by atoms with Crippen LogP contribution < -0.4 is 10.5 Å². The molecule has 17 heavy (non-hydrogen) atoms. The van der Waals surface area contributed by atoms with Gasteiger partial charge in [-0.1, -0.05) is 6.92 Å². The van der Waals surface area contributed by atoms with E-state index in [1.165, 1.54) is 22.3 Å². The number of anilines is 1. The average molecular weight is 233 g/mol. The lowest BCUT2D eigenvalue weighted by Gasteiger charge is -2.37. The molecule has 0 aliphatic carbocycles. The molecule has 1 aromatic carbocycles. The van der Waals surface area contributed by atoms with Gasteiger partial charge in [-0.3, -0.25) is 0 Å². The van der Waals surface area contributed by atoms with E-state index in [1.807, 2.05) is 0 Å². The molecule has 0 spiro atoms. The molecule has 0 fully saturated rings. The predicted molar refractivity (Wildman–Crippen MR) is 72.7 cm³/mol. The molecular weight excluding hydrogens is 210 g/mol. The first-order valence-electron chi connectivity index (χ1n) is 6.46. The van der Waals surface area contributed by atoms with Crippen molar-refractivity contribution in [3.05, 3.63) is 22.3 Å². The maximum absolute atomic E-state index is 6.26. The molecule has 1 heterocycles. The lowest BCUT2D eigenvalue weighted by atomic mass is 9.86. The molecule has 2 N–H and O–H groups in total. The Morgan fingerprint density at radius 3 is 2.41 bits per heavy atom. The van der Waals surface area contributed by atoms with Gasteiger partial charge in [0, 0.05) is 5.69 Å². The van der Waals surface area contributed by atoms with E-state index in [1.54, 1.807) is 0 Å². The van der Waals surface area contributed by atoms with Gasteiger partial charge >= 0.3 is 0 Å². The smallest absolute Gasteiger partial charge is 0.126 e. The zero-order valence-corrected chi connectivity index (χ0v) is 11.6. The fourth-order valence-corrected chi connectivity index (χ4v) is 2.59. The van der Waals surface area contributed by atoms with Gasteiger partial charge in [0.05, 0.1) is 0 Å². The molecule has 0 aromatic heterocycles. The minimum Gasteiger partial charge on any atom is -0.487 e. The van der Waals surface area contributed by atoms with Crippen molar-refractivity contribution in [1.29, 1.82) is 0 Å². The van der Waals surface area contributed by atoms with Crippen molar-refractivity contribution < 1.29 is 4.74 Å². The molecule has 1 aliphatic heterocycles. The third kappa shape index (κ3) is 1.80. The first kappa shape index (κ1) is 12.3. The molecule has 1 unspecified atom stereocenters. The van der Waals surface area contributed by atoms with Gasteiger partial charge in [0.2, 0.25) is 0 Å². The average Bonchev–Trinajstić information content (AvgIpc) is 2.33. The summed E-state index contributed by atoms with van der Waals surface area (Å²) in [5, 5.41) is 0. The van der Waals surface area contributed by atoms with Gasteiger partial charge in [-0.05, 0) is 69.2 Å². The first-order valence-corrected chi connectivity index (χ1v) is 6.46. The van der Waals surface area contributed by atoms with E-state index in [9.17, 15) is 0 Å². The van der Waals surface area contributed by atoms with E-state index in [0.717, 1.165) is 30.7 Å². The second kappa shape index (κ2) is 3.94. The van der Waals surface area contributed by atoms with Crippen molar-refractivity contribution in [3.63, 3.8) is 0 Å². The van der Waals surface area contributed by atoms with Gasteiger partial charge in [0.25, 0.3) is 0 Å². The van der Waals surface area contributed by atoms with Crippen molar-refractivity contribution in [2.24, 2.45) is 0 Å². The molecule has 1 aliphatic rings. The highest BCUT2D eigenvalue weighted by Gasteiger charge is 2.32. The molecule has 0 amide bonds. The van der Waals surface area contributed by atoms with Crippen molar-refractivity contribution >= 4 is 5.69 Å². The third-order valence-electron chi connectivity index (χ3n) is 4.44. The number of nitrogen functional groups attached to an aromatic ring is 1. The van der Waals surface area contributed by atoms with E-state index in [4.69, 9.17) is 10.5 Å². The van der Waals surface area contributed by atoms with Gasteiger partial charge in [0.1, 0.15) is 11.4 Å². The van der Waals surface area contributed by atoms with Crippen LogP contribution in [0.3, 0.4) is 0 Å². The summed E-state index contributed by atoms with van der Waals surface area (Å²) in [6, 6.07) is 0. The van der Waals surface area contributed by atoms with Gasteiger partial charge < -0.3 is 10.5 Å². The van der Waals surface area contributed by atoms with E-state index >= 15 is 0 Å². The van der Waals surface area contributed by atoms with Crippen LogP contribution in [0.4, 0.5) is 5.69 Å². The van der Waals surface area contributed by atoms with Crippen LogP contribution in [-0.4, -0.2) is 5.60 Å². The molecule has 1 aromatic rings. The number of rotatable bonds is 1. The highest BCUT2D eigenvalue weighted by molar-refractivity contribution is 5.65. The summed E-state index contributed by atoms with van der Waals surface area (Å²) in [4.78, 5) is 0. The highest BCUT2D eigenvalue weighted by atomic mass is 16.5. The van der Waals surface area contributed by atoms with Gasteiger partial charge in [-0.25, -0.2) is 0 Å². The van der Waals surface area contributed by atoms with E-state index < -0.39 is 0 Å². The molecule has 94 valence electrons. The monoisotopic (exact) mass is 233 g/mol. The number of hydrogen-bond acceptors (Lipinski definition) is 2. The van der Waals surface area contributed by atoms with Gasteiger partial charge in [0.15, 0.2) is 0 Å². The predicted octanol–water partition coefficient (Wildman–Crippen LogP) is 3.69. The quantitative estimate of drug-likeness (QED) is 0.751. The van der Waals surface area contributed by atoms with Crippen LogP contribution in [0.5, 0.6) is 5.75 Å². The number of fused-ring (bicyclic) bond motifs is 1. The molecule has 2 heteroatoms. The van der Waals surface area contributed by atoms with Crippen LogP contribution in [0.15, 0.2) is 0 Å². The summed E-state index contributed by atoms with van der Waals surface area (Å²) in [6.07, 6.45) is 3.21. The van der Waals surface area contributed by atoms with Crippen molar-refractivity contribution in [1.82, 2.24) is 0 Å². The van der Waals surface area contributed by atoms with Crippen LogP contribution >= 0.6 is 0 Å². The molecule has 0 radical (unpaired) electrons. The Balaban J connectivity index is 2.59. The van der Waals surface area contributed by atoms with Crippen LogP contribution in [0.1, 0.15) is 48.9 Å². The summed E-state index contributed by atoms with van der Waals surface area (Å²) in [7, 11) is 0. The van der Waals surface area contributed by atoms with E-state index in [-0.39, 0.29) is 5.60 Å². The second-order valence-corrected chi connectivity index (χ2v) is 5.50. The molecule has 2 rings (SSSR count). The zero-order valence-electron chi connectivity index (χ0n) is 11.6. The Hall–Kier alpha value is -1.18. The van der Waals surface area contributed by atoms with Crippen LogP contribution in [-0.2, 0) is 6.42 Å². The summed E-state index contributed by atoms with van der Waals surface area (Å²) < 4.78 is 6.26. The zero-order chi connectivity index (χ0) is 12.8. The number of nitrogens with two attached hydrogens (primary N) is 1. The Morgan fingerprint density at radius 2 is 1.82 bits per heavy atom. The summed E-state index contributed by atoms with van der Waals surface area (Å²) in [6.45, 7) is 10.7. The lowest BCUT2D eigenvalue weighted by Crippen LogP contribution is -2.36. The largest absolute Gasteiger partial charge is 0.487 e. The van der Waals surface area contributed by atoms with Crippen molar-refractivity contribution in [2.75, 3.05) is 5.73 Å². The molecule has 1 atom stereocenters. The minimum absolute atomic E-state index is 0.00719. The number of hydrogen-bond donors (Lipinski definition) is 1. The third-order valence-corrected chi connectivity index (χ3v) is 4.44. The Kier molecular flexibility index (Phi) is 2.84. The molecule has 0 saturated heterocycles. The maximum atomic E-state index is 6.26. The van der Waals surface area contributed by atoms with Crippen molar-refractivity contribution in [2.45, 2.75) is 59.5 Å². The Labute approximate surface area is 104 Å². The second-order valence-electron chi connectivity index (χ2n) is 5.50. The molecular formula is C15H23NO. The Morgan fingerprint density at radius 1 is 1.18 bits per heavy atom. The highest BCUT2D eigenvalue weighted by Crippen LogP contribution is 2.42. The molecule has 0 saturated carbocycles. The van der Waals surface area contributed by atoms with Crippen LogP contribution in [0, 0.1) is 20.8 Å². The normalized spacial score (nSPS) is 23.1. The lowest BCUT2D eigenvalue weighted by molar-refractivity contribution is 0.0601. The summed E-state index contributed by atoms with van der Waals surface area (Å²) in [5.74, 6) is 1.09. The Bertz CT molecular complexity index is 465. The molecule has 0 bridgehead atoms. The van der Waals surface area contributed by atoms with Crippen molar-refractivity contribution in [3.8, 4) is 5.75 Å². The molecule has 2 nitrogen and oxygen atoms in total. The van der Waals surface area contributed by atoms with Gasteiger partial charge in [-0.15, -0.1) is 0 Å². The summed E-state index contributed by atoms with van der Waals surface area (Å²) >= 11 is 0. The standard InChI is InChI=1S/C15H23NO/c1-6-15(5)8-7-12-11(4)13(16)9(2)10(3)14(12)17-15/h6-8,16H2,1-5H3. The maximum Gasteiger partial charge on any atom is 0.126 e. The first-order chi connectivity index (χ1) is 7.89. The topological polar surface area (TPSA) is 35.2 Å². The number of ether oxygens (including phenoxy) is 1. The summed E-state index contributed by atoms with van der Waals surface area (Å²) in [5.41, 5.74) is 12.0. The fraction of sp³-hybridized carbons (Fsp3) is 0.600. The van der Waals surface area contributed by atoms with E-state index in [2.05, 4.69) is 34.6 Å². The SMILES string of the molecule is CCC1(C)CCc2c(C)c(N)c(C)c(C)c2O1. The van der Waals surface area contributed by atoms with E-state index in [0.29, 0.717) is 0 Å². The van der Waals surface area contributed by atoms with Crippen LogP contribution in [0.2, 0.25) is 0 Å². The van der Waals surface area contributed by atoms with Gasteiger partial charge in [-0.2, -0.15) is 0 Å². The van der Waals surface area contributed by atoms with Crippen LogP contribution in [0.25, 0.3) is 0 Å². The fourth-order valence-electron chi connectivity index (χ4n) is 2.59. The number of benzene rings is 1.